The van der Waals surface area contributed by atoms with Crippen LogP contribution < -0.4 is 11.2 Å². The Hall–Kier alpha value is -2.81. The minimum absolute atomic E-state index is 0.151. The number of aryl methyl sites for hydroxylation is 1. The second kappa shape index (κ2) is 6.75. The summed E-state index contributed by atoms with van der Waals surface area (Å²) < 4.78 is 3.09. The Balaban J connectivity index is 1.72. The van der Waals surface area contributed by atoms with Crippen LogP contribution in [0.25, 0.3) is 5.69 Å². The number of carbonyl (C=O) groups excluding carboxylic acids is 1. The lowest BCUT2D eigenvalue weighted by Crippen LogP contribution is -2.16. The third-order valence-corrected chi connectivity index (χ3v) is 4.39. The molecule has 0 unspecified atom stereocenters. The average molecular weight is 343 g/mol. The van der Waals surface area contributed by atoms with Crippen molar-refractivity contribution in [2.45, 2.75) is 19.0 Å². The summed E-state index contributed by atoms with van der Waals surface area (Å²) in [7, 11) is 0. The number of nitrogens with zero attached hydrogens (tertiary/aromatic N) is 5. The van der Waals surface area contributed by atoms with E-state index >= 15 is 0 Å². The van der Waals surface area contributed by atoms with Gasteiger partial charge in [-0.15, -0.1) is 10.2 Å². The van der Waals surface area contributed by atoms with Crippen LogP contribution in [-0.2, 0) is 4.79 Å². The molecule has 3 aromatic rings. The highest BCUT2D eigenvalue weighted by Crippen LogP contribution is 2.23. The van der Waals surface area contributed by atoms with Gasteiger partial charge in [-0.05, 0) is 26.0 Å². The molecule has 124 valence electrons. The van der Waals surface area contributed by atoms with Crippen LogP contribution in [-0.4, -0.2) is 36.3 Å². The molecule has 0 fully saturated rings. The van der Waals surface area contributed by atoms with E-state index in [0.717, 1.165) is 22.8 Å². The number of para-hydroxylation sites is 1. The number of benzene rings is 1. The third kappa shape index (κ3) is 3.25. The topological polar surface area (TPSA) is 104 Å². The van der Waals surface area contributed by atoms with Gasteiger partial charge in [0.1, 0.15) is 6.33 Å². The molecule has 0 atom stereocenters. The van der Waals surface area contributed by atoms with Gasteiger partial charge in [0.2, 0.25) is 11.1 Å². The van der Waals surface area contributed by atoms with Crippen LogP contribution in [0.2, 0.25) is 0 Å². The van der Waals surface area contributed by atoms with Crippen molar-refractivity contribution in [1.82, 2.24) is 24.7 Å². The van der Waals surface area contributed by atoms with Gasteiger partial charge < -0.3 is 11.2 Å². The van der Waals surface area contributed by atoms with Crippen molar-refractivity contribution in [1.29, 1.82) is 0 Å². The zero-order valence-electron chi connectivity index (χ0n) is 13.3. The molecule has 0 saturated heterocycles. The van der Waals surface area contributed by atoms with Gasteiger partial charge in [-0.1, -0.05) is 30.0 Å². The number of hydrogen-bond acceptors (Lipinski definition) is 6. The fourth-order valence-electron chi connectivity index (χ4n) is 2.29. The molecule has 3 rings (SSSR count). The smallest absolute Gasteiger partial charge is 0.234 e. The first-order valence-corrected chi connectivity index (χ1v) is 8.24. The van der Waals surface area contributed by atoms with Crippen molar-refractivity contribution < 1.29 is 4.79 Å². The van der Waals surface area contributed by atoms with Gasteiger partial charge in [-0.3, -0.25) is 4.79 Å². The molecule has 8 nitrogen and oxygen atoms in total. The first-order chi connectivity index (χ1) is 11.6. The Morgan fingerprint density at radius 2 is 2.04 bits per heavy atom. The van der Waals surface area contributed by atoms with E-state index < -0.39 is 0 Å². The molecule has 0 saturated carbocycles. The molecule has 0 radical (unpaired) electrons. The molecule has 1 amide bonds. The zero-order chi connectivity index (χ0) is 17.1. The predicted octanol–water partition coefficient (Wildman–Crippen LogP) is 1.53. The molecule has 9 heteroatoms. The van der Waals surface area contributed by atoms with E-state index in [9.17, 15) is 4.79 Å². The number of aromatic nitrogens is 5. The molecule has 0 spiro atoms. The fourth-order valence-corrected chi connectivity index (χ4v) is 2.92. The van der Waals surface area contributed by atoms with Crippen molar-refractivity contribution in [2.24, 2.45) is 0 Å². The fraction of sp³-hybridized carbons (Fsp3) is 0.200. The third-order valence-electron chi connectivity index (χ3n) is 3.43. The molecule has 0 aliphatic carbocycles. The van der Waals surface area contributed by atoms with E-state index in [0.29, 0.717) is 5.16 Å². The van der Waals surface area contributed by atoms with Crippen molar-refractivity contribution >= 4 is 23.4 Å². The lowest BCUT2D eigenvalue weighted by atomic mass is 10.3. The van der Waals surface area contributed by atoms with Gasteiger partial charge in [0.05, 0.1) is 28.5 Å². The average Bonchev–Trinajstić information content (AvgIpc) is 3.11. The standard InChI is InChI=1S/C15H17N7OS/c1-10-14(11(2)22(20-10)12-6-4-3-5-7-12)18-13(23)8-24-15-19-17-9-21(15)16/h3-7,9H,8,16H2,1-2H3,(H,18,23). The van der Waals surface area contributed by atoms with E-state index in [1.54, 1.807) is 0 Å². The Morgan fingerprint density at radius 1 is 1.29 bits per heavy atom. The Kier molecular flexibility index (Phi) is 4.52. The molecule has 3 N–H and O–H groups in total. The molecule has 2 aromatic heterocycles. The number of nitrogen functional groups attached to an aromatic ring is 1. The lowest BCUT2D eigenvalue weighted by molar-refractivity contribution is -0.113. The van der Waals surface area contributed by atoms with E-state index in [2.05, 4.69) is 20.6 Å². The predicted molar refractivity (Wildman–Crippen MR) is 92.6 cm³/mol. The highest BCUT2D eigenvalue weighted by atomic mass is 32.2. The summed E-state index contributed by atoms with van der Waals surface area (Å²) >= 11 is 1.22. The second-order valence-electron chi connectivity index (χ2n) is 5.15. The van der Waals surface area contributed by atoms with Crippen LogP contribution in [0.1, 0.15) is 11.4 Å². The largest absolute Gasteiger partial charge is 0.336 e. The summed E-state index contributed by atoms with van der Waals surface area (Å²) in [5.74, 6) is 5.66. The van der Waals surface area contributed by atoms with Gasteiger partial charge in [0.15, 0.2) is 0 Å². The van der Waals surface area contributed by atoms with E-state index in [1.165, 1.54) is 22.8 Å². The number of nitrogens with one attached hydrogen (secondary N) is 1. The van der Waals surface area contributed by atoms with Gasteiger partial charge in [-0.25, -0.2) is 9.36 Å². The molecule has 1 aromatic carbocycles. The molecule has 0 bridgehead atoms. The van der Waals surface area contributed by atoms with Crippen molar-refractivity contribution in [2.75, 3.05) is 16.9 Å². The SMILES string of the molecule is Cc1nn(-c2ccccc2)c(C)c1NC(=O)CSc1nncn1N. The summed E-state index contributed by atoms with van der Waals surface area (Å²) in [4.78, 5) is 12.2. The van der Waals surface area contributed by atoms with Gasteiger partial charge >= 0.3 is 0 Å². The minimum Gasteiger partial charge on any atom is -0.336 e. The molecular weight excluding hydrogens is 326 g/mol. The summed E-state index contributed by atoms with van der Waals surface area (Å²) in [5, 5.41) is 15.4. The number of rotatable bonds is 5. The summed E-state index contributed by atoms with van der Waals surface area (Å²) in [6.07, 6.45) is 1.39. The Bertz CT molecular complexity index is 856. The molecule has 24 heavy (non-hydrogen) atoms. The second-order valence-corrected chi connectivity index (χ2v) is 6.09. The van der Waals surface area contributed by atoms with Crippen LogP contribution in [0.3, 0.4) is 0 Å². The number of thioether (sulfide) groups is 1. The molecule has 0 aliphatic rings. The number of carbonyl (C=O) groups is 1. The molecular formula is C15H17N7OS. The normalized spacial score (nSPS) is 10.8. The van der Waals surface area contributed by atoms with Gasteiger partial charge in [-0.2, -0.15) is 5.10 Å². The quantitative estimate of drug-likeness (QED) is 0.538. The maximum atomic E-state index is 12.2. The number of nitrogens with two attached hydrogens (primary N) is 1. The molecule has 2 heterocycles. The van der Waals surface area contributed by atoms with Crippen molar-refractivity contribution in [3.63, 3.8) is 0 Å². The highest BCUT2D eigenvalue weighted by Gasteiger charge is 2.16. The monoisotopic (exact) mass is 343 g/mol. The summed E-state index contributed by atoms with van der Waals surface area (Å²) in [6.45, 7) is 3.79. The minimum atomic E-state index is -0.151. The molecule has 0 aliphatic heterocycles. The van der Waals surface area contributed by atoms with E-state index in [1.807, 2.05) is 48.9 Å². The lowest BCUT2D eigenvalue weighted by Gasteiger charge is -2.07. The number of amides is 1. The van der Waals surface area contributed by atoms with E-state index in [4.69, 9.17) is 5.84 Å². The summed E-state index contributed by atoms with van der Waals surface area (Å²) in [6, 6.07) is 9.78. The maximum Gasteiger partial charge on any atom is 0.234 e. The van der Waals surface area contributed by atoms with Crippen LogP contribution in [0.5, 0.6) is 0 Å². The van der Waals surface area contributed by atoms with Crippen molar-refractivity contribution in [3.8, 4) is 5.69 Å². The first-order valence-electron chi connectivity index (χ1n) is 7.25. The van der Waals surface area contributed by atoms with Gasteiger partial charge in [0.25, 0.3) is 0 Å². The Labute approximate surface area is 143 Å². The van der Waals surface area contributed by atoms with Crippen LogP contribution in [0.15, 0.2) is 41.8 Å². The Morgan fingerprint density at radius 3 is 2.71 bits per heavy atom. The first kappa shape index (κ1) is 16.1. The van der Waals surface area contributed by atoms with Crippen LogP contribution in [0, 0.1) is 13.8 Å². The highest BCUT2D eigenvalue weighted by molar-refractivity contribution is 7.99. The van der Waals surface area contributed by atoms with Gasteiger partial charge in [0, 0.05) is 0 Å². The zero-order valence-corrected chi connectivity index (χ0v) is 14.1. The number of anilines is 1. The number of hydrogen-bond donors (Lipinski definition) is 2. The maximum absolute atomic E-state index is 12.2. The summed E-state index contributed by atoms with van der Waals surface area (Å²) in [5.41, 5.74) is 3.30. The van der Waals surface area contributed by atoms with Crippen LogP contribution in [0.4, 0.5) is 5.69 Å². The van der Waals surface area contributed by atoms with E-state index in [-0.39, 0.29) is 11.7 Å². The van der Waals surface area contributed by atoms with Crippen LogP contribution >= 0.6 is 11.8 Å². The van der Waals surface area contributed by atoms with Crippen molar-refractivity contribution in [3.05, 3.63) is 48.0 Å².